The summed E-state index contributed by atoms with van der Waals surface area (Å²) in [6.07, 6.45) is 0.950. The molecule has 122 valence electrons. The van der Waals surface area contributed by atoms with Crippen LogP contribution in [0.25, 0.3) is 0 Å². The Morgan fingerprint density at radius 2 is 1.96 bits per heavy atom. The number of phenols is 1. The highest BCUT2D eigenvalue weighted by Gasteiger charge is 2.21. The molecule has 0 spiro atoms. The molecule has 4 nitrogen and oxygen atoms in total. The number of hydrogen-bond acceptors (Lipinski definition) is 4. The van der Waals surface area contributed by atoms with Gasteiger partial charge in [0.25, 0.3) is 0 Å². The normalized spacial score (nSPS) is 17.1. The summed E-state index contributed by atoms with van der Waals surface area (Å²) in [4.78, 5) is 2.10. The first-order chi connectivity index (χ1) is 11.1. The van der Waals surface area contributed by atoms with E-state index in [1.54, 1.807) is 6.07 Å². The van der Waals surface area contributed by atoms with E-state index in [2.05, 4.69) is 22.3 Å². The minimum atomic E-state index is 0.176. The van der Waals surface area contributed by atoms with Crippen molar-refractivity contribution in [3.63, 3.8) is 0 Å². The van der Waals surface area contributed by atoms with Gasteiger partial charge in [0, 0.05) is 13.1 Å². The smallest absolute Gasteiger partial charge is 0.119 e. The molecule has 0 amide bonds. The molecule has 2 aromatic rings. The summed E-state index contributed by atoms with van der Waals surface area (Å²) < 4.78 is 5.75. The van der Waals surface area contributed by atoms with E-state index in [1.807, 2.05) is 38.4 Å². The van der Waals surface area contributed by atoms with Gasteiger partial charge in [-0.2, -0.15) is 0 Å². The Kier molecular flexibility index (Phi) is 4.84. The highest BCUT2D eigenvalue weighted by molar-refractivity contribution is 5.44. The van der Waals surface area contributed by atoms with Crippen LogP contribution in [-0.4, -0.2) is 43.8 Å². The second-order valence-electron chi connectivity index (χ2n) is 6.24. The van der Waals surface area contributed by atoms with Crippen molar-refractivity contribution in [3.05, 3.63) is 59.2 Å². The zero-order valence-electron chi connectivity index (χ0n) is 13.7. The number of nitrogens with one attached hydrogen (secondary N) is 1. The van der Waals surface area contributed by atoms with Gasteiger partial charge < -0.3 is 20.1 Å². The molecule has 2 N–H and O–H groups in total. The van der Waals surface area contributed by atoms with Crippen molar-refractivity contribution in [2.75, 3.05) is 33.8 Å². The Balaban J connectivity index is 1.73. The molecule has 0 saturated heterocycles. The van der Waals surface area contributed by atoms with Gasteiger partial charge in [0.2, 0.25) is 0 Å². The fraction of sp³-hybridized carbons (Fsp3) is 0.368. The molecular formula is C19H24N2O2. The van der Waals surface area contributed by atoms with Gasteiger partial charge in [0.15, 0.2) is 0 Å². The number of likely N-dealkylation sites (N-methyl/N-ethyl adjacent to an activating group) is 1. The monoisotopic (exact) mass is 312 g/mol. The van der Waals surface area contributed by atoms with Crippen molar-refractivity contribution >= 4 is 0 Å². The first-order valence-electron chi connectivity index (χ1n) is 8.06. The second kappa shape index (κ2) is 7.02. The summed E-state index contributed by atoms with van der Waals surface area (Å²) in [6.45, 7) is 2.52. The molecule has 1 aliphatic rings. The molecule has 0 fully saturated rings. The van der Waals surface area contributed by atoms with Crippen molar-refractivity contribution < 1.29 is 9.84 Å². The number of rotatable bonds is 5. The van der Waals surface area contributed by atoms with Crippen molar-refractivity contribution in [2.24, 2.45) is 0 Å². The lowest BCUT2D eigenvalue weighted by Crippen LogP contribution is -2.30. The predicted octanol–water partition coefficient (Wildman–Crippen LogP) is 2.57. The molecule has 3 rings (SSSR count). The minimum Gasteiger partial charge on any atom is -0.508 e. The van der Waals surface area contributed by atoms with E-state index in [1.165, 1.54) is 16.7 Å². The fourth-order valence-electron chi connectivity index (χ4n) is 2.95. The Bertz CT molecular complexity index is 653. The summed E-state index contributed by atoms with van der Waals surface area (Å²) in [7, 11) is 4.08. The summed E-state index contributed by atoms with van der Waals surface area (Å²) in [5, 5.41) is 13.2. The number of benzene rings is 2. The van der Waals surface area contributed by atoms with Crippen LogP contribution in [0.4, 0.5) is 0 Å². The molecule has 0 radical (unpaired) electrons. The summed E-state index contributed by atoms with van der Waals surface area (Å²) in [5.74, 6) is 1.24. The molecular weight excluding hydrogens is 288 g/mol. The molecule has 1 atom stereocenters. The van der Waals surface area contributed by atoms with E-state index < -0.39 is 0 Å². The predicted molar refractivity (Wildman–Crippen MR) is 92.1 cm³/mol. The van der Waals surface area contributed by atoms with Gasteiger partial charge in [-0.05, 0) is 61.5 Å². The molecule has 2 aromatic carbocycles. The van der Waals surface area contributed by atoms with Gasteiger partial charge >= 0.3 is 0 Å². The third kappa shape index (κ3) is 3.84. The third-order valence-corrected chi connectivity index (χ3v) is 4.20. The molecule has 0 bridgehead atoms. The standard InChI is InChI=1S/C19H24N2O2/c1-21(2)11-12-23-17-6-3-14(4-7-17)19-18-8-5-16(22)13-15(18)9-10-20-19/h3-8,13,19-20,22H,9-12H2,1-2H3. The molecule has 4 heteroatoms. The number of nitrogens with zero attached hydrogens (tertiary/aromatic N) is 1. The topological polar surface area (TPSA) is 44.7 Å². The van der Waals surface area contributed by atoms with Crippen molar-refractivity contribution in [2.45, 2.75) is 12.5 Å². The average molecular weight is 312 g/mol. The number of fused-ring (bicyclic) bond motifs is 1. The van der Waals surface area contributed by atoms with Crippen molar-refractivity contribution in [3.8, 4) is 11.5 Å². The molecule has 1 aliphatic heterocycles. The van der Waals surface area contributed by atoms with Crippen LogP contribution in [0.1, 0.15) is 22.7 Å². The zero-order chi connectivity index (χ0) is 16.2. The lowest BCUT2D eigenvalue weighted by atomic mass is 9.90. The van der Waals surface area contributed by atoms with Gasteiger partial charge in [-0.1, -0.05) is 18.2 Å². The van der Waals surface area contributed by atoms with Crippen LogP contribution in [0, 0.1) is 0 Å². The largest absolute Gasteiger partial charge is 0.508 e. The average Bonchev–Trinajstić information content (AvgIpc) is 2.54. The van der Waals surface area contributed by atoms with E-state index in [4.69, 9.17) is 4.74 Å². The summed E-state index contributed by atoms with van der Waals surface area (Å²) >= 11 is 0. The maximum Gasteiger partial charge on any atom is 0.119 e. The minimum absolute atomic E-state index is 0.176. The highest BCUT2D eigenvalue weighted by Crippen LogP contribution is 2.31. The SMILES string of the molecule is CN(C)CCOc1ccc(C2NCCc3cc(O)ccc32)cc1. The zero-order valence-corrected chi connectivity index (χ0v) is 13.7. The highest BCUT2D eigenvalue weighted by atomic mass is 16.5. The van der Waals surface area contributed by atoms with Crippen molar-refractivity contribution in [1.29, 1.82) is 0 Å². The summed E-state index contributed by atoms with van der Waals surface area (Å²) in [6, 6.07) is 14.1. The lowest BCUT2D eigenvalue weighted by Gasteiger charge is -2.27. The van der Waals surface area contributed by atoms with E-state index in [0.717, 1.165) is 25.3 Å². The van der Waals surface area contributed by atoms with Crippen LogP contribution in [0.5, 0.6) is 11.5 Å². The van der Waals surface area contributed by atoms with Crippen LogP contribution in [-0.2, 0) is 6.42 Å². The van der Waals surface area contributed by atoms with Gasteiger partial charge in [0.1, 0.15) is 18.1 Å². The number of ether oxygens (including phenoxy) is 1. The van der Waals surface area contributed by atoms with Gasteiger partial charge in [0.05, 0.1) is 6.04 Å². The van der Waals surface area contributed by atoms with Gasteiger partial charge in [-0.3, -0.25) is 0 Å². The van der Waals surface area contributed by atoms with E-state index in [9.17, 15) is 5.11 Å². The van der Waals surface area contributed by atoms with E-state index >= 15 is 0 Å². The van der Waals surface area contributed by atoms with Gasteiger partial charge in [-0.25, -0.2) is 0 Å². The molecule has 1 unspecified atom stereocenters. The molecule has 0 aromatic heterocycles. The van der Waals surface area contributed by atoms with E-state index in [-0.39, 0.29) is 6.04 Å². The Morgan fingerprint density at radius 3 is 2.70 bits per heavy atom. The quantitative estimate of drug-likeness (QED) is 0.891. The number of hydrogen-bond donors (Lipinski definition) is 2. The maximum absolute atomic E-state index is 9.66. The maximum atomic E-state index is 9.66. The first kappa shape index (κ1) is 15.8. The third-order valence-electron chi connectivity index (χ3n) is 4.20. The van der Waals surface area contributed by atoms with Crippen LogP contribution < -0.4 is 10.1 Å². The molecule has 0 saturated carbocycles. The van der Waals surface area contributed by atoms with Crippen LogP contribution >= 0.6 is 0 Å². The Labute approximate surface area is 137 Å². The first-order valence-corrected chi connectivity index (χ1v) is 8.06. The van der Waals surface area contributed by atoms with Gasteiger partial charge in [-0.15, -0.1) is 0 Å². The molecule has 0 aliphatic carbocycles. The lowest BCUT2D eigenvalue weighted by molar-refractivity contribution is 0.261. The summed E-state index contributed by atoms with van der Waals surface area (Å²) in [5.41, 5.74) is 3.69. The molecule has 23 heavy (non-hydrogen) atoms. The van der Waals surface area contributed by atoms with Crippen molar-refractivity contribution in [1.82, 2.24) is 10.2 Å². The number of aromatic hydroxyl groups is 1. The number of phenolic OH excluding ortho intramolecular Hbond substituents is 1. The Morgan fingerprint density at radius 1 is 1.17 bits per heavy atom. The molecule has 1 heterocycles. The fourth-order valence-corrected chi connectivity index (χ4v) is 2.95. The van der Waals surface area contributed by atoms with Crippen LogP contribution in [0.2, 0.25) is 0 Å². The Hall–Kier alpha value is -2.04. The van der Waals surface area contributed by atoms with Crippen LogP contribution in [0.3, 0.4) is 0 Å². The second-order valence-corrected chi connectivity index (χ2v) is 6.24. The van der Waals surface area contributed by atoms with Crippen LogP contribution in [0.15, 0.2) is 42.5 Å². The van der Waals surface area contributed by atoms with E-state index in [0.29, 0.717) is 12.4 Å².